The van der Waals surface area contributed by atoms with Crippen LogP contribution in [-0.4, -0.2) is 46.9 Å². The van der Waals surface area contributed by atoms with Gasteiger partial charge in [-0.05, 0) is 30.5 Å². The first-order valence-corrected chi connectivity index (χ1v) is 12.0. The van der Waals surface area contributed by atoms with Gasteiger partial charge in [-0.25, -0.2) is 4.68 Å². The molecule has 0 spiro atoms. The lowest BCUT2D eigenvalue weighted by molar-refractivity contribution is 0.0298. The number of morpholine rings is 1. The fraction of sp³-hybridized carbons (Fsp3) is 0.360. The Kier molecular flexibility index (Phi) is 4.84. The molecule has 0 bridgehead atoms. The number of ether oxygens (including phenoxy) is 1. The first-order chi connectivity index (χ1) is 15.3. The summed E-state index contributed by atoms with van der Waals surface area (Å²) in [6.07, 6.45) is 3.71. The van der Waals surface area contributed by atoms with Gasteiger partial charge in [0.15, 0.2) is 5.69 Å². The van der Waals surface area contributed by atoms with E-state index in [1.165, 1.54) is 23.3 Å². The van der Waals surface area contributed by atoms with Gasteiger partial charge in [0.05, 0.1) is 24.6 Å². The summed E-state index contributed by atoms with van der Waals surface area (Å²) in [5, 5.41) is 5.24. The number of carbonyl (C=O) groups is 1. The molecule has 2 aliphatic heterocycles. The summed E-state index contributed by atoms with van der Waals surface area (Å²) in [4.78, 5) is 16.8. The number of hydrogen-bond donors (Lipinski definition) is 0. The van der Waals surface area contributed by atoms with Gasteiger partial charge < -0.3 is 9.64 Å². The van der Waals surface area contributed by atoms with E-state index in [9.17, 15) is 4.79 Å². The Bertz CT molecular complexity index is 1120. The molecule has 2 fully saturated rings. The number of benzene rings is 2. The number of carbonyl (C=O) groups excluding carboxylic acids is 1. The van der Waals surface area contributed by atoms with Gasteiger partial charge >= 0.3 is 0 Å². The van der Waals surface area contributed by atoms with Crippen molar-refractivity contribution in [2.45, 2.75) is 29.4 Å². The maximum absolute atomic E-state index is 13.7. The van der Waals surface area contributed by atoms with E-state index >= 15 is 0 Å². The van der Waals surface area contributed by atoms with Crippen molar-refractivity contribution in [1.82, 2.24) is 14.7 Å². The Labute approximate surface area is 186 Å². The number of rotatable bonds is 4. The van der Waals surface area contributed by atoms with E-state index in [0.717, 1.165) is 29.3 Å². The van der Waals surface area contributed by atoms with Crippen molar-refractivity contribution in [3.63, 3.8) is 0 Å². The Morgan fingerprint density at radius 1 is 1.03 bits per heavy atom. The third-order valence-corrected chi connectivity index (χ3v) is 7.72. The van der Waals surface area contributed by atoms with E-state index in [-0.39, 0.29) is 11.2 Å². The van der Waals surface area contributed by atoms with Crippen LogP contribution in [-0.2, 0) is 4.74 Å². The fourth-order valence-electron chi connectivity index (χ4n) is 4.62. The zero-order chi connectivity index (χ0) is 20.8. The van der Waals surface area contributed by atoms with Crippen molar-refractivity contribution < 1.29 is 9.53 Å². The van der Waals surface area contributed by atoms with Gasteiger partial charge in [-0.15, -0.1) is 11.8 Å². The number of amides is 1. The molecule has 1 unspecified atom stereocenters. The van der Waals surface area contributed by atoms with E-state index in [0.29, 0.717) is 32.0 Å². The molecule has 0 radical (unpaired) electrons. The van der Waals surface area contributed by atoms with Crippen LogP contribution < -0.4 is 0 Å². The molecule has 2 aromatic carbocycles. The summed E-state index contributed by atoms with van der Waals surface area (Å²) in [5.41, 5.74) is 4.99. The zero-order valence-electron chi connectivity index (χ0n) is 17.4. The smallest absolute Gasteiger partial charge is 0.274 e. The van der Waals surface area contributed by atoms with Crippen molar-refractivity contribution in [2.24, 2.45) is 5.92 Å². The van der Waals surface area contributed by atoms with Crippen LogP contribution in [0.1, 0.15) is 40.6 Å². The van der Waals surface area contributed by atoms with Crippen LogP contribution in [0.4, 0.5) is 0 Å². The molecule has 3 heterocycles. The summed E-state index contributed by atoms with van der Waals surface area (Å²) in [5.74, 6) is 0.803. The molecule has 0 N–H and O–H groups in total. The van der Waals surface area contributed by atoms with Gasteiger partial charge in [0.2, 0.25) is 0 Å². The minimum absolute atomic E-state index is 0.0370. The summed E-state index contributed by atoms with van der Waals surface area (Å²) < 4.78 is 7.48. The van der Waals surface area contributed by atoms with Crippen LogP contribution in [0, 0.1) is 5.92 Å². The molecule has 3 aliphatic rings. The van der Waals surface area contributed by atoms with Crippen LogP contribution in [0.5, 0.6) is 0 Å². The Morgan fingerprint density at radius 3 is 2.55 bits per heavy atom. The van der Waals surface area contributed by atoms with Gasteiger partial charge in [0, 0.05) is 34.4 Å². The molecule has 1 aromatic heterocycles. The highest BCUT2D eigenvalue weighted by atomic mass is 32.2. The number of para-hydroxylation sites is 1. The molecular formula is C25H25N3O2S. The molecule has 6 rings (SSSR count). The molecular weight excluding hydrogens is 406 g/mol. The highest BCUT2D eigenvalue weighted by Gasteiger charge is 2.39. The lowest BCUT2D eigenvalue weighted by Gasteiger charge is -2.28. The predicted molar refractivity (Wildman–Crippen MR) is 122 cm³/mol. The Morgan fingerprint density at radius 2 is 1.77 bits per heavy atom. The first-order valence-electron chi connectivity index (χ1n) is 11.1. The largest absolute Gasteiger partial charge is 0.378 e. The quantitative estimate of drug-likeness (QED) is 0.586. The monoisotopic (exact) mass is 431 g/mol. The van der Waals surface area contributed by atoms with Gasteiger partial charge in [-0.1, -0.05) is 49.2 Å². The van der Waals surface area contributed by atoms with Gasteiger partial charge in [-0.2, -0.15) is 5.10 Å². The average Bonchev–Trinajstić information content (AvgIpc) is 3.55. The fourth-order valence-corrected chi connectivity index (χ4v) is 6.09. The molecule has 1 saturated carbocycles. The van der Waals surface area contributed by atoms with Crippen molar-refractivity contribution in [3.8, 4) is 16.9 Å². The second-order valence-electron chi connectivity index (χ2n) is 8.54. The van der Waals surface area contributed by atoms with Crippen LogP contribution in [0.15, 0.2) is 59.5 Å². The minimum Gasteiger partial charge on any atom is -0.378 e. The normalized spacial score (nSPS) is 20.3. The Hall–Kier alpha value is -2.57. The second-order valence-corrected chi connectivity index (χ2v) is 9.79. The van der Waals surface area contributed by atoms with Crippen LogP contribution >= 0.6 is 11.8 Å². The average molecular weight is 432 g/mol. The predicted octanol–water partition coefficient (Wildman–Crippen LogP) is 4.96. The van der Waals surface area contributed by atoms with E-state index in [2.05, 4.69) is 36.4 Å². The lowest BCUT2D eigenvalue weighted by atomic mass is 9.98. The van der Waals surface area contributed by atoms with Crippen molar-refractivity contribution in [3.05, 3.63) is 65.9 Å². The highest BCUT2D eigenvalue weighted by molar-refractivity contribution is 7.99. The second kappa shape index (κ2) is 7.84. The summed E-state index contributed by atoms with van der Waals surface area (Å²) in [7, 11) is 0. The maximum atomic E-state index is 13.7. The topological polar surface area (TPSA) is 47.4 Å². The summed E-state index contributed by atoms with van der Waals surface area (Å²) in [6, 6.07) is 18.7. The molecule has 6 heteroatoms. The molecule has 1 aliphatic carbocycles. The van der Waals surface area contributed by atoms with Gasteiger partial charge in [0.25, 0.3) is 5.91 Å². The van der Waals surface area contributed by atoms with Crippen LogP contribution in [0.25, 0.3) is 16.9 Å². The molecule has 5 nitrogen and oxygen atoms in total. The van der Waals surface area contributed by atoms with Crippen molar-refractivity contribution in [1.29, 1.82) is 0 Å². The number of nitrogens with zero attached hydrogens (tertiary/aromatic N) is 3. The standard InChI is InChI=1S/C25H25N3O2S/c29-25(27-12-14-30-15-13-27)23-22-21(16-17-10-11-17)31-20-9-5-4-8-19(20)24(22)28(26-23)18-6-2-1-3-7-18/h1-9,17,21H,10-16H2. The molecule has 1 atom stereocenters. The first kappa shape index (κ1) is 19.1. The van der Waals surface area contributed by atoms with Gasteiger partial charge in [-0.3, -0.25) is 4.79 Å². The minimum atomic E-state index is 0.0370. The lowest BCUT2D eigenvalue weighted by Crippen LogP contribution is -2.41. The molecule has 3 aromatic rings. The maximum Gasteiger partial charge on any atom is 0.274 e. The van der Waals surface area contributed by atoms with Crippen LogP contribution in [0.3, 0.4) is 0 Å². The van der Waals surface area contributed by atoms with E-state index < -0.39 is 0 Å². The third-order valence-electron chi connectivity index (χ3n) is 6.40. The third kappa shape index (κ3) is 3.48. The molecule has 158 valence electrons. The number of fused-ring (bicyclic) bond motifs is 3. The molecule has 1 amide bonds. The highest BCUT2D eigenvalue weighted by Crippen LogP contribution is 2.55. The molecule has 1 saturated heterocycles. The van der Waals surface area contributed by atoms with Crippen molar-refractivity contribution >= 4 is 17.7 Å². The van der Waals surface area contributed by atoms with Crippen LogP contribution in [0.2, 0.25) is 0 Å². The van der Waals surface area contributed by atoms with E-state index in [1.54, 1.807) is 0 Å². The number of thioether (sulfide) groups is 1. The Balaban J connectivity index is 1.55. The number of aromatic nitrogens is 2. The molecule has 31 heavy (non-hydrogen) atoms. The zero-order valence-corrected chi connectivity index (χ0v) is 18.2. The number of hydrogen-bond acceptors (Lipinski definition) is 4. The van der Waals surface area contributed by atoms with E-state index in [1.807, 2.05) is 39.5 Å². The van der Waals surface area contributed by atoms with Crippen molar-refractivity contribution in [2.75, 3.05) is 26.3 Å². The SMILES string of the molecule is O=C(c1nn(-c2ccccc2)c2c1C(CC1CC1)Sc1ccccc1-2)N1CCOCC1. The van der Waals surface area contributed by atoms with Gasteiger partial charge in [0.1, 0.15) is 0 Å². The summed E-state index contributed by atoms with van der Waals surface area (Å²) >= 11 is 1.91. The summed E-state index contributed by atoms with van der Waals surface area (Å²) in [6.45, 7) is 2.44. The van der Waals surface area contributed by atoms with E-state index in [4.69, 9.17) is 9.84 Å².